The van der Waals surface area contributed by atoms with Crippen LogP contribution >= 0.6 is 0 Å². The lowest BCUT2D eigenvalue weighted by atomic mass is 9.82. The van der Waals surface area contributed by atoms with E-state index < -0.39 is 5.41 Å². The maximum Gasteiger partial charge on any atom is 0.199 e. The van der Waals surface area contributed by atoms with Crippen molar-refractivity contribution in [1.29, 1.82) is 0 Å². The van der Waals surface area contributed by atoms with E-state index in [9.17, 15) is 0 Å². The van der Waals surface area contributed by atoms with Gasteiger partial charge in [0.15, 0.2) is 11.8 Å². The fraction of sp³-hybridized carbons (Fsp3) is 0.310. The van der Waals surface area contributed by atoms with Gasteiger partial charge in [0.25, 0.3) is 0 Å². The van der Waals surface area contributed by atoms with Gasteiger partial charge in [0.2, 0.25) is 0 Å². The van der Waals surface area contributed by atoms with E-state index in [-0.39, 0.29) is 12.1 Å². The van der Waals surface area contributed by atoms with Crippen LogP contribution in [0.3, 0.4) is 0 Å². The molecule has 0 bridgehead atoms. The molecule has 0 saturated carbocycles. The zero-order valence-corrected chi connectivity index (χ0v) is 19.1. The van der Waals surface area contributed by atoms with Crippen molar-refractivity contribution < 1.29 is 9.47 Å². The summed E-state index contributed by atoms with van der Waals surface area (Å²) in [6.07, 6.45) is 2.48. The fourth-order valence-corrected chi connectivity index (χ4v) is 4.66. The lowest BCUT2D eigenvalue weighted by Gasteiger charge is -2.28. The van der Waals surface area contributed by atoms with Gasteiger partial charge in [-0.25, -0.2) is 9.98 Å². The van der Waals surface area contributed by atoms with Gasteiger partial charge < -0.3 is 9.47 Å². The first-order valence-electron chi connectivity index (χ1n) is 11.7. The van der Waals surface area contributed by atoms with Crippen molar-refractivity contribution in [3.63, 3.8) is 0 Å². The first-order chi connectivity index (χ1) is 16.2. The molecule has 168 valence electrons. The summed E-state index contributed by atoms with van der Waals surface area (Å²) in [7, 11) is 0. The standard InChI is InChI=1S/C29H30N2O2/c1-29(19-24-15-9-4-10-16-24,27-30-25(20-32-27)17-22-11-5-2-6-12-22)28-31-26(21-33-28)18-23-13-7-3-8-14-23/h2-16,25-26H,17-21H2,1H3/t25-,26-/m0/s1. The minimum absolute atomic E-state index is 0.111. The molecule has 0 unspecified atom stereocenters. The van der Waals surface area contributed by atoms with E-state index in [1.807, 2.05) is 18.2 Å². The van der Waals surface area contributed by atoms with Crippen LogP contribution in [0.4, 0.5) is 0 Å². The van der Waals surface area contributed by atoms with Crippen LogP contribution in [-0.2, 0) is 28.7 Å². The van der Waals surface area contributed by atoms with Gasteiger partial charge in [-0.15, -0.1) is 0 Å². The van der Waals surface area contributed by atoms with E-state index >= 15 is 0 Å². The summed E-state index contributed by atoms with van der Waals surface area (Å²) in [5.41, 5.74) is 3.24. The Morgan fingerprint density at radius 2 is 1.03 bits per heavy atom. The van der Waals surface area contributed by atoms with Crippen LogP contribution in [-0.4, -0.2) is 37.1 Å². The number of ether oxygens (including phenoxy) is 2. The van der Waals surface area contributed by atoms with E-state index in [1.165, 1.54) is 16.7 Å². The first-order valence-corrected chi connectivity index (χ1v) is 11.7. The number of hydrogen-bond acceptors (Lipinski definition) is 4. The second-order valence-electron chi connectivity index (χ2n) is 9.17. The molecule has 5 rings (SSSR count). The molecule has 3 aromatic carbocycles. The van der Waals surface area contributed by atoms with Crippen LogP contribution in [0.15, 0.2) is 101 Å². The molecule has 0 radical (unpaired) electrons. The average molecular weight is 439 g/mol. The number of rotatable bonds is 8. The molecule has 0 fully saturated rings. The predicted molar refractivity (Wildman–Crippen MR) is 133 cm³/mol. The molecular formula is C29H30N2O2. The third-order valence-electron chi connectivity index (χ3n) is 6.40. The quantitative estimate of drug-likeness (QED) is 0.478. The second-order valence-corrected chi connectivity index (χ2v) is 9.17. The summed E-state index contributed by atoms with van der Waals surface area (Å²) in [6.45, 7) is 3.35. The molecule has 4 heteroatoms. The third-order valence-corrected chi connectivity index (χ3v) is 6.40. The molecule has 3 aromatic rings. The van der Waals surface area contributed by atoms with E-state index in [1.54, 1.807) is 0 Å². The molecule has 2 aliphatic rings. The molecule has 0 saturated heterocycles. The lowest BCUT2D eigenvalue weighted by Crippen LogP contribution is -2.39. The largest absolute Gasteiger partial charge is 0.478 e. The monoisotopic (exact) mass is 438 g/mol. The Bertz CT molecular complexity index is 1040. The number of hydrogen-bond donors (Lipinski definition) is 0. The van der Waals surface area contributed by atoms with Crippen LogP contribution in [0.25, 0.3) is 0 Å². The zero-order valence-electron chi connectivity index (χ0n) is 19.1. The fourth-order valence-electron chi connectivity index (χ4n) is 4.66. The zero-order chi connectivity index (χ0) is 22.5. The molecule has 4 nitrogen and oxygen atoms in total. The lowest BCUT2D eigenvalue weighted by molar-refractivity contribution is 0.256. The second kappa shape index (κ2) is 9.62. The topological polar surface area (TPSA) is 43.2 Å². The maximum absolute atomic E-state index is 6.23. The van der Waals surface area contributed by atoms with Crippen molar-refractivity contribution in [2.75, 3.05) is 13.2 Å². The Labute approximate surface area is 196 Å². The number of aliphatic imine (C=N–C) groups is 2. The highest BCUT2D eigenvalue weighted by Crippen LogP contribution is 2.34. The molecule has 0 N–H and O–H groups in total. The highest BCUT2D eigenvalue weighted by atomic mass is 16.5. The van der Waals surface area contributed by atoms with E-state index in [4.69, 9.17) is 19.5 Å². The summed E-state index contributed by atoms with van der Waals surface area (Å²) in [4.78, 5) is 10.1. The molecule has 0 aliphatic carbocycles. The Morgan fingerprint density at radius 3 is 1.45 bits per heavy atom. The van der Waals surface area contributed by atoms with Crippen LogP contribution < -0.4 is 0 Å². The summed E-state index contributed by atoms with van der Waals surface area (Å²) in [6, 6.07) is 31.7. The maximum atomic E-state index is 6.23. The van der Waals surface area contributed by atoms with Gasteiger partial charge >= 0.3 is 0 Å². The Kier molecular flexibility index (Phi) is 6.25. The van der Waals surface area contributed by atoms with Gasteiger partial charge in [-0.05, 0) is 42.9 Å². The van der Waals surface area contributed by atoms with Gasteiger partial charge in [0.1, 0.15) is 18.6 Å². The first kappa shape index (κ1) is 21.4. The minimum atomic E-state index is -0.530. The Balaban J connectivity index is 1.40. The summed E-state index contributed by atoms with van der Waals surface area (Å²) in [5, 5.41) is 0. The van der Waals surface area contributed by atoms with Crippen molar-refractivity contribution in [3.05, 3.63) is 108 Å². The van der Waals surface area contributed by atoms with Gasteiger partial charge in [-0.3, -0.25) is 0 Å². The minimum Gasteiger partial charge on any atom is -0.478 e. The van der Waals surface area contributed by atoms with Crippen molar-refractivity contribution >= 4 is 11.8 Å². The Hall–Kier alpha value is -3.40. The van der Waals surface area contributed by atoms with Crippen molar-refractivity contribution in [1.82, 2.24) is 0 Å². The van der Waals surface area contributed by atoms with Gasteiger partial charge in [0.05, 0.1) is 12.1 Å². The van der Waals surface area contributed by atoms with E-state index in [0.717, 1.165) is 31.1 Å². The molecule has 0 spiro atoms. The molecule has 33 heavy (non-hydrogen) atoms. The van der Waals surface area contributed by atoms with Crippen molar-refractivity contribution in [3.8, 4) is 0 Å². The van der Waals surface area contributed by atoms with Crippen LogP contribution in [0.2, 0.25) is 0 Å². The molecule has 2 aliphatic heterocycles. The summed E-state index contributed by atoms with van der Waals surface area (Å²) in [5.74, 6) is 1.48. The van der Waals surface area contributed by atoms with E-state index in [2.05, 4.69) is 79.7 Å². The molecule has 2 heterocycles. The van der Waals surface area contributed by atoms with E-state index in [0.29, 0.717) is 13.2 Å². The van der Waals surface area contributed by atoms with Gasteiger partial charge in [0, 0.05) is 0 Å². The molecular weight excluding hydrogens is 408 g/mol. The van der Waals surface area contributed by atoms with Gasteiger partial charge in [-0.2, -0.15) is 0 Å². The average Bonchev–Trinajstić information content (AvgIpc) is 3.52. The van der Waals surface area contributed by atoms with Crippen molar-refractivity contribution in [2.45, 2.75) is 38.3 Å². The molecule has 0 amide bonds. The van der Waals surface area contributed by atoms with Gasteiger partial charge in [-0.1, -0.05) is 91.0 Å². The highest BCUT2D eigenvalue weighted by Gasteiger charge is 2.45. The summed E-state index contributed by atoms with van der Waals surface area (Å²) >= 11 is 0. The summed E-state index contributed by atoms with van der Waals surface area (Å²) < 4.78 is 12.5. The third kappa shape index (κ3) is 5.00. The Morgan fingerprint density at radius 1 is 0.636 bits per heavy atom. The number of benzene rings is 3. The predicted octanol–water partition coefficient (Wildman–Crippen LogP) is 5.32. The van der Waals surface area contributed by atoms with Crippen molar-refractivity contribution in [2.24, 2.45) is 15.4 Å². The van der Waals surface area contributed by atoms with Crippen LogP contribution in [0.5, 0.6) is 0 Å². The molecule has 0 aromatic heterocycles. The SMILES string of the molecule is CC(Cc1ccccc1)(C1=N[C@@H](Cc2ccccc2)CO1)C1=N[C@@H](Cc2ccccc2)CO1. The normalized spacial score (nSPS) is 20.0. The number of nitrogens with zero attached hydrogens (tertiary/aromatic N) is 2. The molecule has 2 atom stereocenters. The van der Waals surface area contributed by atoms with Crippen LogP contribution in [0.1, 0.15) is 23.6 Å². The highest BCUT2D eigenvalue weighted by molar-refractivity contribution is 6.06. The smallest absolute Gasteiger partial charge is 0.199 e. The van der Waals surface area contributed by atoms with Crippen LogP contribution in [0, 0.1) is 5.41 Å².